The van der Waals surface area contributed by atoms with Crippen LogP contribution in [0.2, 0.25) is 0 Å². The van der Waals surface area contributed by atoms with E-state index in [-0.39, 0.29) is 12.5 Å². The molecule has 0 aromatic carbocycles. The van der Waals surface area contributed by atoms with Crippen molar-refractivity contribution in [2.45, 2.75) is 20.3 Å². The lowest BCUT2D eigenvalue weighted by Gasteiger charge is -2.19. The van der Waals surface area contributed by atoms with Gasteiger partial charge in [-0.05, 0) is 32.4 Å². The number of aryl methyl sites for hydroxylation is 1. The number of aliphatic hydroxyl groups is 1. The van der Waals surface area contributed by atoms with Gasteiger partial charge in [-0.15, -0.1) is 11.3 Å². The maximum atomic E-state index is 12.4. The minimum atomic E-state index is -0.0903. The van der Waals surface area contributed by atoms with Gasteiger partial charge < -0.3 is 14.4 Å². The maximum Gasteiger partial charge on any atom is 0.273 e. The summed E-state index contributed by atoms with van der Waals surface area (Å²) in [6.07, 6.45) is 2.17. The van der Waals surface area contributed by atoms with E-state index >= 15 is 0 Å². The molecule has 0 atom stereocenters. The zero-order chi connectivity index (χ0) is 14.5. The molecule has 0 spiro atoms. The number of carbonyl (C=O) groups is 1. The second-order valence-electron chi connectivity index (χ2n) is 4.36. The lowest BCUT2D eigenvalue weighted by atomic mass is 10.3. The Morgan fingerprint density at radius 1 is 1.55 bits per heavy atom. The van der Waals surface area contributed by atoms with Crippen molar-refractivity contribution < 1.29 is 14.3 Å². The van der Waals surface area contributed by atoms with Crippen LogP contribution in [0.4, 0.5) is 0 Å². The summed E-state index contributed by atoms with van der Waals surface area (Å²) >= 11 is 1.45. The summed E-state index contributed by atoms with van der Waals surface area (Å²) in [5.74, 6) is 0.586. The average molecular weight is 294 g/mol. The Morgan fingerprint density at radius 3 is 2.95 bits per heavy atom. The fraction of sp³-hybridized carbons (Fsp3) is 0.429. The molecule has 2 aromatic heterocycles. The standard InChI is InChI=1S/C14H18N2O3S/c1-3-16(7-5-8-17)14(18)12-10(2)20-13(15-12)11-6-4-9-19-11/h4,6,9,17H,3,5,7-8H2,1-2H3. The van der Waals surface area contributed by atoms with Gasteiger partial charge in [-0.3, -0.25) is 4.79 Å². The number of carbonyl (C=O) groups excluding carboxylic acids is 1. The first-order valence-corrected chi connectivity index (χ1v) is 7.40. The van der Waals surface area contributed by atoms with Crippen LogP contribution in [0.15, 0.2) is 22.8 Å². The number of hydrogen-bond acceptors (Lipinski definition) is 5. The van der Waals surface area contributed by atoms with Crippen LogP contribution < -0.4 is 0 Å². The highest BCUT2D eigenvalue weighted by molar-refractivity contribution is 7.15. The van der Waals surface area contributed by atoms with Gasteiger partial charge in [-0.25, -0.2) is 4.98 Å². The molecule has 6 heteroatoms. The van der Waals surface area contributed by atoms with Crippen molar-refractivity contribution in [2.24, 2.45) is 0 Å². The molecule has 0 saturated carbocycles. The maximum absolute atomic E-state index is 12.4. The second kappa shape index (κ2) is 6.67. The molecule has 0 unspecified atom stereocenters. The molecule has 2 aromatic rings. The minimum Gasteiger partial charge on any atom is -0.462 e. The van der Waals surface area contributed by atoms with E-state index < -0.39 is 0 Å². The van der Waals surface area contributed by atoms with Gasteiger partial charge in [0.2, 0.25) is 0 Å². The van der Waals surface area contributed by atoms with Gasteiger partial charge in [0.15, 0.2) is 10.8 Å². The summed E-state index contributed by atoms with van der Waals surface area (Å²) in [4.78, 5) is 19.4. The van der Waals surface area contributed by atoms with Crippen LogP contribution >= 0.6 is 11.3 Å². The molecule has 20 heavy (non-hydrogen) atoms. The van der Waals surface area contributed by atoms with E-state index in [1.165, 1.54) is 11.3 Å². The first-order valence-electron chi connectivity index (χ1n) is 6.58. The number of aromatic nitrogens is 1. The molecule has 5 nitrogen and oxygen atoms in total. The van der Waals surface area contributed by atoms with Crippen molar-refractivity contribution in [3.05, 3.63) is 29.0 Å². The van der Waals surface area contributed by atoms with Crippen LogP contribution in [0, 0.1) is 6.92 Å². The number of amides is 1. The molecule has 1 N–H and O–H groups in total. The van der Waals surface area contributed by atoms with Crippen LogP contribution in [0.3, 0.4) is 0 Å². The van der Waals surface area contributed by atoms with E-state index in [4.69, 9.17) is 9.52 Å². The van der Waals surface area contributed by atoms with E-state index in [0.717, 1.165) is 4.88 Å². The van der Waals surface area contributed by atoms with Gasteiger partial charge >= 0.3 is 0 Å². The van der Waals surface area contributed by atoms with Crippen LogP contribution in [0.1, 0.15) is 28.7 Å². The number of furan rings is 1. The smallest absolute Gasteiger partial charge is 0.273 e. The van der Waals surface area contributed by atoms with Crippen LogP contribution in [0.5, 0.6) is 0 Å². The molecule has 0 radical (unpaired) electrons. The number of hydrogen-bond donors (Lipinski definition) is 1. The molecule has 0 aliphatic rings. The van der Waals surface area contributed by atoms with E-state index in [9.17, 15) is 4.79 Å². The number of thiazole rings is 1. The zero-order valence-electron chi connectivity index (χ0n) is 11.6. The summed E-state index contributed by atoms with van der Waals surface area (Å²) in [5, 5.41) is 9.60. The topological polar surface area (TPSA) is 66.6 Å². The predicted octanol–water partition coefficient (Wildman–Crippen LogP) is 2.56. The summed E-state index contributed by atoms with van der Waals surface area (Å²) < 4.78 is 5.31. The van der Waals surface area contributed by atoms with Gasteiger partial charge in [0.25, 0.3) is 5.91 Å². The summed E-state index contributed by atoms with van der Waals surface area (Å²) in [5.41, 5.74) is 0.473. The van der Waals surface area contributed by atoms with Crippen molar-refractivity contribution in [3.8, 4) is 10.8 Å². The van der Waals surface area contributed by atoms with Crippen molar-refractivity contribution >= 4 is 17.2 Å². The highest BCUT2D eigenvalue weighted by Gasteiger charge is 2.21. The molecule has 0 fully saturated rings. The highest BCUT2D eigenvalue weighted by atomic mass is 32.1. The van der Waals surface area contributed by atoms with Crippen LogP contribution in [0.25, 0.3) is 10.8 Å². The Labute approximate surface area is 121 Å². The fourth-order valence-corrected chi connectivity index (χ4v) is 2.79. The second-order valence-corrected chi connectivity index (χ2v) is 5.57. The molecule has 0 aliphatic heterocycles. The van der Waals surface area contributed by atoms with E-state index in [0.29, 0.717) is 36.0 Å². The average Bonchev–Trinajstić information content (AvgIpc) is 3.08. The third-order valence-corrected chi connectivity index (χ3v) is 3.97. The quantitative estimate of drug-likeness (QED) is 0.889. The fourth-order valence-electron chi connectivity index (χ4n) is 1.92. The molecule has 2 heterocycles. The molecule has 0 bridgehead atoms. The first kappa shape index (κ1) is 14.7. The summed E-state index contributed by atoms with van der Waals surface area (Å²) in [6, 6.07) is 3.63. The Hall–Kier alpha value is -1.66. The summed E-state index contributed by atoms with van der Waals surface area (Å²) in [7, 11) is 0. The lowest BCUT2D eigenvalue weighted by molar-refractivity contribution is 0.0748. The van der Waals surface area contributed by atoms with Crippen LogP contribution in [-0.2, 0) is 0 Å². The van der Waals surface area contributed by atoms with Crippen molar-refractivity contribution in [3.63, 3.8) is 0 Å². The summed E-state index contributed by atoms with van der Waals surface area (Å²) in [6.45, 7) is 5.03. The van der Waals surface area contributed by atoms with Gasteiger partial charge in [0.05, 0.1) is 6.26 Å². The lowest BCUT2D eigenvalue weighted by Crippen LogP contribution is -2.32. The van der Waals surface area contributed by atoms with Gasteiger partial charge in [-0.1, -0.05) is 0 Å². The van der Waals surface area contributed by atoms with Crippen LogP contribution in [-0.4, -0.2) is 40.6 Å². The third kappa shape index (κ3) is 3.08. The number of aliphatic hydroxyl groups excluding tert-OH is 1. The Kier molecular flexibility index (Phi) is 4.92. The number of rotatable bonds is 6. The monoisotopic (exact) mass is 294 g/mol. The van der Waals surface area contributed by atoms with Crippen molar-refractivity contribution in [1.29, 1.82) is 0 Å². The Morgan fingerprint density at radius 2 is 2.35 bits per heavy atom. The predicted molar refractivity (Wildman–Crippen MR) is 77.8 cm³/mol. The van der Waals surface area contributed by atoms with Crippen molar-refractivity contribution in [2.75, 3.05) is 19.7 Å². The molecular formula is C14H18N2O3S. The molecule has 0 aliphatic carbocycles. The minimum absolute atomic E-state index is 0.0808. The van der Waals surface area contributed by atoms with Gasteiger partial charge in [-0.2, -0.15) is 0 Å². The van der Waals surface area contributed by atoms with Gasteiger partial charge in [0.1, 0.15) is 5.69 Å². The molecule has 108 valence electrons. The van der Waals surface area contributed by atoms with E-state index in [1.807, 2.05) is 19.9 Å². The Bertz CT molecular complexity index is 563. The molecule has 0 saturated heterocycles. The van der Waals surface area contributed by atoms with Crippen molar-refractivity contribution in [1.82, 2.24) is 9.88 Å². The largest absolute Gasteiger partial charge is 0.462 e. The Balaban J connectivity index is 2.21. The van der Waals surface area contributed by atoms with E-state index in [2.05, 4.69) is 4.98 Å². The zero-order valence-corrected chi connectivity index (χ0v) is 12.4. The third-order valence-electron chi connectivity index (χ3n) is 2.99. The van der Waals surface area contributed by atoms with E-state index in [1.54, 1.807) is 17.2 Å². The first-order chi connectivity index (χ1) is 9.67. The number of nitrogens with zero attached hydrogens (tertiary/aromatic N) is 2. The molecule has 1 amide bonds. The normalized spacial score (nSPS) is 10.8. The molecule has 2 rings (SSSR count). The molecular weight excluding hydrogens is 276 g/mol. The van der Waals surface area contributed by atoms with Gasteiger partial charge in [0, 0.05) is 24.6 Å². The SMILES string of the molecule is CCN(CCCO)C(=O)c1nc(-c2ccco2)sc1C. The highest BCUT2D eigenvalue weighted by Crippen LogP contribution is 2.28.